The summed E-state index contributed by atoms with van der Waals surface area (Å²) in [5, 5.41) is 13.8. The normalized spacial score (nSPS) is 12.2. The summed E-state index contributed by atoms with van der Waals surface area (Å²) in [7, 11) is 3.67. The average molecular weight is 593 g/mol. The minimum atomic E-state index is -0.533. The fraction of sp³-hybridized carbons (Fsp3) is 0.304. The van der Waals surface area contributed by atoms with Gasteiger partial charge in [-0.25, -0.2) is 9.37 Å². The molecule has 0 bridgehead atoms. The molecule has 2 N–H and O–H groups in total. The molecule has 0 fully saturated rings. The third-order valence-electron chi connectivity index (χ3n) is 5.48. The summed E-state index contributed by atoms with van der Waals surface area (Å²) in [5.74, 6) is 0.283. The van der Waals surface area contributed by atoms with E-state index < -0.39 is 6.10 Å². The molecule has 0 aliphatic carbocycles. The van der Waals surface area contributed by atoms with Crippen LogP contribution in [-0.2, 0) is 26.9 Å². The zero-order valence-corrected chi connectivity index (χ0v) is 22.4. The Morgan fingerprint density at radius 1 is 1.12 bits per heavy atom. The Kier molecular flexibility index (Phi) is 7.04. The molecule has 8 nitrogen and oxygen atoms in total. The van der Waals surface area contributed by atoms with Gasteiger partial charge in [-0.05, 0) is 69.5 Å². The van der Waals surface area contributed by atoms with Gasteiger partial charge in [-0.1, -0.05) is 6.92 Å². The van der Waals surface area contributed by atoms with Crippen molar-refractivity contribution in [3.8, 4) is 17.0 Å². The van der Waals surface area contributed by atoms with E-state index in [1.807, 2.05) is 18.7 Å². The summed E-state index contributed by atoms with van der Waals surface area (Å²) >= 11 is 7.05. The number of anilines is 1. The molecule has 1 atom stereocenters. The van der Waals surface area contributed by atoms with Crippen molar-refractivity contribution in [2.75, 3.05) is 5.73 Å². The van der Waals surface area contributed by atoms with Gasteiger partial charge >= 0.3 is 0 Å². The molecule has 0 unspecified atom stereocenters. The van der Waals surface area contributed by atoms with E-state index in [4.69, 9.17) is 10.5 Å². The van der Waals surface area contributed by atoms with Crippen LogP contribution in [-0.4, -0.2) is 29.8 Å². The lowest BCUT2D eigenvalue weighted by atomic mass is 9.98. The maximum absolute atomic E-state index is 14.3. The zero-order valence-electron chi connectivity index (χ0n) is 19.2. The van der Waals surface area contributed by atoms with Crippen molar-refractivity contribution < 1.29 is 9.13 Å². The van der Waals surface area contributed by atoms with Crippen molar-refractivity contribution in [1.29, 1.82) is 0 Å². The molecule has 11 heteroatoms. The number of aromatic nitrogens is 6. The topological polar surface area (TPSA) is 96.7 Å². The van der Waals surface area contributed by atoms with Gasteiger partial charge in [0.05, 0.1) is 21.6 Å². The number of halogens is 3. The van der Waals surface area contributed by atoms with Crippen LogP contribution >= 0.6 is 31.9 Å². The number of aryl methyl sites for hydroxylation is 3. The van der Waals surface area contributed by atoms with Gasteiger partial charge in [0.1, 0.15) is 17.6 Å². The Balaban J connectivity index is 1.75. The van der Waals surface area contributed by atoms with E-state index >= 15 is 0 Å². The summed E-state index contributed by atoms with van der Waals surface area (Å²) in [6.07, 6.45) is 2.37. The highest BCUT2D eigenvalue weighted by Gasteiger charge is 2.23. The first-order valence-electron chi connectivity index (χ1n) is 10.7. The fourth-order valence-corrected chi connectivity index (χ4v) is 4.88. The van der Waals surface area contributed by atoms with Gasteiger partial charge in [0.25, 0.3) is 0 Å². The summed E-state index contributed by atoms with van der Waals surface area (Å²) in [5.41, 5.74) is 10.7. The number of pyridine rings is 1. The number of hydrogen-bond donors (Lipinski definition) is 1. The second-order valence-electron chi connectivity index (χ2n) is 7.87. The lowest BCUT2D eigenvalue weighted by Crippen LogP contribution is -2.08. The van der Waals surface area contributed by atoms with Crippen molar-refractivity contribution in [1.82, 2.24) is 29.8 Å². The Hall–Kier alpha value is -2.79. The highest BCUT2D eigenvalue weighted by atomic mass is 79.9. The van der Waals surface area contributed by atoms with E-state index in [0.717, 1.165) is 38.0 Å². The van der Waals surface area contributed by atoms with Gasteiger partial charge in [0.15, 0.2) is 11.6 Å². The number of nitrogen functional groups attached to an aromatic ring is 1. The Morgan fingerprint density at radius 3 is 2.59 bits per heavy atom. The Bertz CT molecular complexity index is 1350. The van der Waals surface area contributed by atoms with Crippen molar-refractivity contribution in [3.63, 3.8) is 0 Å². The van der Waals surface area contributed by atoms with Crippen LogP contribution in [0.25, 0.3) is 11.3 Å². The molecule has 178 valence electrons. The van der Waals surface area contributed by atoms with E-state index in [0.29, 0.717) is 23.4 Å². The highest BCUT2D eigenvalue weighted by molar-refractivity contribution is 9.10. The first-order valence-corrected chi connectivity index (χ1v) is 12.2. The van der Waals surface area contributed by atoms with Gasteiger partial charge in [-0.3, -0.25) is 4.68 Å². The van der Waals surface area contributed by atoms with Gasteiger partial charge in [-0.2, -0.15) is 20.1 Å². The molecular formula is C23H24Br2FN7O. The quantitative estimate of drug-likeness (QED) is 0.319. The predicted molar refractivity (Wildman–Crippen MR) is 135 cm³/mol. The molecule has 0 saturated heterocycles. The van der Waals surface area contributed by atoms with E-state index in [1.54, 1.807) is 25.4 Å². The second kappa shape index (κ2) is 9.83. The standard InChI is InChI=1S/C23H24Br2FN7O/c1-5-17-21(25)19(32(3)29-17)10-18-22(31-33(4)30-18)15-7-6-14(26)9-16(15)12(2)34-20-8-13(24)11-28-23(20)27/h6-9,11-12H,5,10H2,1-4H3,(H2,27,28)/t12-/m1/s1. The summed E-state index contributed by atoms with van der Waals surface area (Å²) in [4.78, 5) is 5.63. The monoisotopic (exact) mass is 591 g/mol. The van der Waals surface area contributed by atoms with Gasteiger partial charge in [-0.15, -0.1) is 0 Å². The van der Waals surface area contributed by atoms with E-state index in [2.05, 4.69) is 59.1 Å². The molecule has 0 amide bonds. The SMILES string of the molecule is CCc1nn(C)c(Cc2nn(C)nc2-c2ccc(F)cc2[C@@H](C)Oc2cc(Br)cnc2N)c1Br. The number of hydrogen-bond acceptors (Lipinski definition) is 6. The Morgan fingerprint density at radius 2 is 1.88 bits per heavy atom. The van der Waals surface area contributed by atoms with E-state index in [-0.39, 0.29) is 11.6 Å². The largest absolute Gasteiger partial charge is 0.482 e. The Labute approximate surface area is 213 Å². The molecule has 0 spiro atoms. The first-order chi connectivity index (χ1) is 16.2. The first kappa shape index (κ1) is 24.3. The second-order valence-corrected chi connectivity index (χ2v) is 9.58. The molecule has 0 aliphatic rings. The van der Waals surface area contributed by atoms with Crippen molar-refractivity contribution in [3.05, 3.63) is 67.9 Å². The van der Waals surface area contributed by atoms with Crippen LogP contribution in [0.3, 0.4) is 0 Å². The molecular weight excluding hydrogens is 569 g/mol. The van der Waals surface area contributed by atoms with E-state index in [1.165, 1.54) is 16.9 Å². The number of nitrogens with two attached hydrogens (primary N) is 1. The van der Waals surface area contributed by atoms with Crippen LogP contribution < -0.4 is 10.5 Å². The van der Waals surface area contributed by atoms with Gasteiger partial charge in [0.2, 0.25) is 0 Å². The lowest BCUT2D eigenvalue weighted by molar-refractivity contribution is 0.227. The molecule has 0 radical (unpaired) electrons. The summed E-state index contributed by atoms with van der Waals surface area (Å²) < 4.78 is 24.0. The smallest absolute Gasteiger partial charge is 0.166 e. The number of nitrogens with zero attached hydrogens (tertiary/aromatic N) is 6. The van der Waals surface area contributed by atoms with Crippen LogP contribution in [0.15, 0.2) is 39.4 Å². The molecule has 3 heterocycles. The summed E-state index contributed by atoms with van der Waals surface area (Å²) in [6.45, 7) is 3.89. The van der Waals surface area contributed by atoms with Crippen molar-refractivity contribution >= 4 is 37.7 Å². The average Bonchev–Trinajstić information content (AvgIpc) is 3.29. The van der Waals surface area contributed by atoms with Crippen LogP contribution in [0.2, 0.25) is 0 Å². The van der Waals surface area contributed by atoms with Gasteiger partial charge in [0, 0.05) is 42.3 Å². The maximum Gasteiger partial charge on any atom is 0.166 e. The number of ether oxygens (including phenoxy) is 1. The van der Waals surface area contributed by atoms with E-state index in [9.17, 15) is 4.39 Å². The van der Waals surface area contributed by atoms with Crippen LogP contribution in [0.5, 0.6) is 5.75 Å². The van der Waals surface area contributed by atoms with Crippen molar-refractivity contribution in [2.24, 2.45) is 14.1 Å². The zero-order chi connectivity index (χ0) is 24.6. The van der Waals surface area contributed by atoms with Crippen LogP contribution in [0.4, 0.5) is 10.2 Å². The minimum Gasteiger partial charge on any atom is -0.482 e. The third kappa shape index (κ3) is 4.85. The number of benzene rings is 1. The summed E-state index contributed by atoms with van der Waals surface area (Å²) in [6, 6.07) is 6.30. The van der Waals surface area contributed by atoms with Crippen LogP contribution in [0, 0.1) is 5.82 Å². The minimum absolute atomic E-state index is 0.251. The molecule has 0 aliphatic heterocycles. The predicted octanol–water partition coefficient (Wildman–Crippen LogP) is 5.15. The molecule has 1 aromatic carbocycles. The van der Waals surface area contributed by atoms with Crippen molar-refractivity contribution in [2.45, 2.75) is 32.8 Å². The number of rotatable bonds is 7. The highest BCUT2D eigenvalue weighted by Crippen LogP contribution is 2.35. The van der Waals surface area contributed by atoms with Crippen LogP contribution in [0.1, 0.15) is 42.6 Å². The maximum atomic E-state index is 14.3. The van der Waals surface area contributed by atoms with Gasteiger partial charge < -0.3 is 10.5 Å². The molecule has 0 saturated carbocycles. The third-order valence-corrected chi connectivity index (χ3v) is 6.83. The molecule has 4 aromatic rings. The lowest BCUT2D eigenvalue weighted by Gasteiger charge is -2.19. The molecule has 3 aromatic heterocycles. The fourth-order valence-electron chi connectivity index (χ4n) is 3.81. The molecule has 4 rings (SSSR count). The molecule has 34 heavy (non-hydrogen) atoms.